The summed E-state index contributed by atoms with van der Waals surface area (Å²) < 4.78 is 18.0. The van der Waals surface area contributed by atoms with E-state index in [9.17, 15) is 4.79 Å². The van der Waals surface area contributed by atoms with Crippen molar-refractivity contribution in [3.05, 3.63) is 11.8 Å². The number of carbonyl (C=O) groups is 1. The monoisotopic (exact) mass is 354 g/mol. The number of hydrogen-bond donors (Lipinski definition) is 2. The number of methoxy groups -OCH3 is 1. The Balaban J connectivity index is 1.96. The van der Waals surface area contributed by atoms with E-state index in [1.54, 1.807) is 7.11 Å². The van der Waals surface area contributed by atoms with Crippen molar-refractivity contribution >= 4 is 11.8 Å². The Morgan fingerprint density at radius 2 is 2.20 bits per heavy atom. The molecule has 0 bridgehead atoms. The zero-order chi connectivity index (χ0) is 18.4. The summed E-state index contributed by atoms with van der Waals surface area (Å²) in [5, 5.41) is 10.4. The van der Waals surface area contributed by atoms with Gasteiger partial charge in [0.05, 0.1) is 37.1 Å². The highest BCUT2D eigenvalue weighted by Gasteiger charge is 2.28. The van der Waals surface area contributed by atoms with Gasteiger partial charge in [-0.3, -0.25) is 5.32 Å². The number of rotatable bonds is 6. The van der Waals surface area contributed by atoms with Crippen LogP contribution < -0.4 is 10.6 Å². The van der Waals surface area contributed by atoms with Crippen LogP contribution in [0.25, 0.3) is 0 Å². The number of ether oxygens (including phenoxy) is 3. The maximum atomic E-state index is 12.5. The molecule has 2 atom stereocenters. The third kappa shape index (κ3) is 5.69. The van der Waals surface area contributed by atoms with E-state index in [4.69, 9.17) is 14.2 Å². The van der Waals surface area contributed by atoms with E-state index < -0.39 is 0 Å². The van der Waals surface area contributed by atoms with Gasteiger partial charge < -0.3 is 19.5 Å². The topological polar surface area (TPSA) is 86.6 Å². The van der Waals surface area contributed by atoms with Gasteiger partial charge in [-0.05, 0) is 34.1 Å². The molecule has 142 valence electrons. The number of aromatic nitrogens is 2. The molecule has 2 unspecified atom stereocenters. The summed E-state index contributed by atoms with van der Waals surface area (Å²) in [6.45, 7) is 10.1. The van der Waals surface area contributed by atoms with Crippen LogP contribution in [0.5, 0.6) is 0 Å². The number of amides is 2. The fraction of sp³-hybridized carbons (Fsp3) is 0.765. The summed E-state index contributed by atoms with van der Waals surface area (Å²) in [6, 6.07) is 1.50. The molecule has 2 N–H and O–H groups in total. The Bertz CT molecular complexity index is 567. The van der Waals surface area contributed by atoms with Gasteiger partial charge in [0, 0.05) is 19.8 Å². The molecule has 8 heteroatoms. The molecule has 1 aromatic heterocycles. The lowest BCUT2D eigenvalue weighted by Gasteiger charge is -2.32. The van der Waals surface area contributed by atoms with Gasteiger partial charge in [0.15, 0.2) is 0 Å². The molecule has 1 saturated heterocycles. The Hall–Kier alpha value is -1.64. The van der Waals surface area contributed by atoms with Crippen molar-refractivity contribution in [2.45, 2.75) is 51.8 Å². The van der Waals surface area contributed by atoms with Crippen LogP contribution in [0.4, 0.5) is 10.6 Å². The summed E-state index contributed by atoms with van der Waals surface area (Å²) in [5.74, 6) is 0.673. The first-order chi connectivity index (χ1) is 11.8. The first kappa shape index (κ1) is 19.7. The number of urea groups is 1. The lowest BCUT2D eigenvalue weighted by Crippen LogP contribution is -2.51. The van der Waals surface area contributed by atoms with E-state index in [0.29, 0.717) is 38.7 Å². The van der Waals surface area contributed by atoms with Crippen molar-refractivity contribution in [2.24, 2.45) is 0 Å². The van der Waals surface area contributed by atoms with E-state index in [2.05, 4.69) is 15.7 Å². The minimum absolute atomic E-state index is 0.0993. The normalized spacial score (nSPS) is 21.2. The van der Waals surface area contributed by atoms with Gasteiger partial charge in [-0.15, -0.1) is 0 Å². The second-order valence-corrected chi connectivity index (χ2v) is 7.22. The van der Waals surface area contributed by atoms with Crippen molar-refractivity contribution < 1.29 is 19.0 Å². The summed E-state index contributed by atoms with van der Waals surface area (Å²) in [6.07, 6.45) is 0.534. The van der Waals surface area contributed by atoms with Crippen LogP contribution in [0.2, 0.25) is 0 Å². The third-order valence-electron chi connectivity index (χ3n) is 3.95. The molecule has 25 heavy (non-hydrogen) atoms. The molecule has 2 heterocycles. The van der Waals surface area contributed by atoms with Crippen molar-refractivity contribution in [1.82, 2.24) is 15.1 Å². The number of carbonyl (C=O) groups excluding carboxylic acids is 1. The molecular weight excluding hydrogens is 324 g/mol. The molecule has 1 fully saturated rings. The van der Waals surface area contributed by atoms with Crippen LogP contribution >= 0.6 is 0 Å². The minimum atomic E-state index is -0.266. The first-order valence-electron chi connectivity index (χ1n) is 8.64. The molecule has 0 aromatic carbocycles. The van der Waals surface area contributed by atoms with Gasteiger partial charge >= 0.3 is 6.03 Å². The minimum Gasteiger partial charge on any atom is -0.382 e. The Kier molecular flexibility index (Phi) is 6.80. The van der Waals surface area contributed by atoms with Gasteiger partial charge in [0.25, 0.3) is 0 Å². The van der Waals surface area contributed by atoms with Gasteiger partial charge in [-0.25, -0.2) is 9.48 Å². The second-order valence-electron chi connectivity index (χ2n) is 7.22. The van der Waals surface area contributed by atoms with Crippen LogP contribution in [-0.4, -0.2) is 61.5 Å². The average Bonchev–Trinajstić information content (AvgIpc) is 2.90. The van der Waals surface area contributed by atoms with Crippen LogP contribution in [0, 0.1) is 6.92 Å². The maximum absolute atomic E-state index is 12.5. The van der Waals surface area contributed by atoms with Gasteiger partial charge in [0.1, 0.15) is 11.9 Å². The molecule has 2 amide bonds. The molecule has 8 nitrogen and oxygen atoms in total. The highest BCUT2D eigenvalue weighted by molar-refractivity contribution is 5.88. The molecule has 1 aliphatic rings. The molecule has 2 rings (SSSR count). The Morgan fingerprint density at radius 1 is 1.44 bits per heavy atom. The van der Waals surface area contributed by atoms with Gasteiger partial charge in [-0.2, -0.15) is 5.10 Å². The molecule has 1 aliphatic heterocycles. The standard InChI is InChI=1S/C17H30N4O4/c1-12-10-15(21(20-12)17(2,3)4)19-16(22)18-13-6-7-24-11-14(13)25-9-8-23-5/h10,13-14H,6-9,11H2,1-5H3,(H2,18,19,22). The summed E-state index contributed by atoms with van der Waals surface area (Å²) >= 11 is 0. The third-order valence-corrected chi connectivity index (χ3v) is 3.95. The number of nitrogens with one attached hydrogen (secondary N) is 2. The number of aryl methyl sites for hydroxylation is 1. The van der Waals surface area contributed by atoms with Crippen LogP contribution in [0.3, 0.4) is 0 Å². The lowest BCUT2D eigenvalue weighted by atomic mass is 10.1. The SMILES string of the molecule is COCCOC1COCCC1NC(=O)Nc1cc(C)nn1C(C)(C)C. The predicted molar refractivity (Wildman–Crippen MR) is 95.0 cm³/mol. The molecule has 0 spiro atoms. The van der Waals surface area contributed by atoms with E-state index in [1.807, 2.05) is 38.4 Å². The average molecular weight is 354 g/mol. The quantitative estimate of drug-likeness (QED) is 0.762. The predicted octanol–water partition coefficient (Wildman–Crippen LogP) is 1.89. The van der Waals surface area contributed by atoms with E-state index in [1.165, 1.54) is 0 Å². The Labute approximate surface area is 149 Å². The number of nitrogens with zero attached hydrogens (tertiary/aromatic N) is 2. The molecule has 1 aromatic rings. The zero-order valence-electron chi connectivity index (χ0n) is 15.8. The Morgan fingerprint density at radius 3 is 2.88 bits per heavy atom. The number of anilines is 1. The number of hydrogen-bond acceptors (Lipinski definition) is 5. The van der Waals surface area contributed by atoms with Gasteiger partial charge in [0.2, 0.25) is 0 Å². The molecular formula is C17H30N4O4. The summed E-state index contributed by atoms with van der Waals surface area (Å²) in [4.78, 5) is 12.5. The highest BCUT2D eigenvalue weighted by atomic mass is 16.6. The van der Waals surface area contributed by atoms with E-state index >= 15 is 0 Å². The molecule has 0 saturated carbocycles. The van der Waals surface area contributed by atoms with Crippen molar-refractivity contribution in [1.29, 1.82) is 0 Å². The summed E-state index contributed by atoms with van der Waals surface area (Å²) in [7, 11) is 1.63. The van der Waals surface area contributed by atoms with Crippen molar-refractivity contribution in [3.8, 4) is 0 Å². The fourth-order valence-corrected chi connectivity index (χ4v) is 2.74. The van der Waals surface area contributed by atoms with Crippen LogP contribution in [0.1, 0.15) is 32.9 Å². The van der Waals surface area contributed by atoms with Crippen molar-refractivity contribution in [3.63, 3.8) is 0 Å². The van der Waals surface area contributed by atoms with Gasteiger partial charge in [-0.1, -0.05) is 0 Å². The zero-order valence-corrected chi connectivity index (χ0v) is 15.8. The maximum Gasteiger partial charge on any atom is 0.320 e. The fourth-order valence-electron chi connectivity index (χ4n) is 2.74. The highest BCUT2D eigenvalue weighted by Crippen LogP contribution is 2.21. The first-order valence-corrected chi connectivity index (χ1v) is 8.64. The van der Waals surface area contributed by atoms with Crippen molar-refractivity contribution in [2.75, 3.05) is 38.9 Å². The second kappa shape index (κ2) is 8.64. The van der Waals surface area contributed by atoms with E-state index in [0.717, 1.165) is 5.69 Å². The van der Waals surface area contributed by atoms with Crippen LogP contribution in [-0.2, 0) is 19.7 Å². The lowest BCUT2D eigenvalue weighted by molar-refractivity contribution is -0.0757. The largest absolute Gasteiger partial charge is 0.382 e. The smallest absolute Gasteiger partial charge is 0.320 e. The summed E-state index contributed by atoms with van der Waals surface area (Å²) in [5.41, 5.74) is 0.638. The molecule has 0 aliphatic carbocycles. The van der Waals surface area contributed by atoms with E-state index in [-0.39, 0.29) is 23.7 Å². The van der Waals surface area contributed by atoms with Crippen LogP contribution in [0.15, 0.2) is 6.07 Å². The molecule has 0 radical (unpaired) electrons.